The fourth-order valence-corrected chi connectivity index (χ4v) is 2.09. The predicted molar refractivity (Wildman–Crippen MR) is 78.2 cm³/mol. The molecule has 104 valence electrons. The van der Waals surface area contributed by atoms with Gasteiger partial charge in [0.1, 0.15) is 0 Å². The molecule has 0 saturated heterocycles. The van der Waals surface area contributed by atoms with Gasteiger partial charge in [-0.25, -0.2) is 0 Å². The lowest BCUT2D eigenvalue weighted by Crippen LogP contribution is -2.35. The molecule has 0 spiro atoms. The molecule has 19 heavy (non-hydrogen) atoms. The van der Waals surface area contributed by atoms with Crippen molar-refractivity contribution >= 4 is 5.91 Å². The number of rotatable bonds is 8. The zero-order valence-corrected chi connectivity index (χ0v) is 11.7. The molecule has 1 aromatic carbocycles. The first kappa shape index (κ1) is 14.1. The fraction of sp³-hybridized carbons (Fsp3) is 0.562. The maximum absolute atomic E-state index is 11.5. The van der Waals surface area contributed by atoms with E-state index in [1.165, 1.54) is 30.4 Å². The smallest absolute Gasteiger partial charge is 0.233 e. The van der Waals surface area contributed by atoms with E-state index in [2.05, 4.69) is 41.8 Å². The Morgan fingerprint density at radius 1 is 1.16 bits per heavy atom. The zero-order valence-electron chi connectivity index (χ0n) is 11.7. The van der Waals surface area contributed by atoms with Crippen molar-refractivity contribution in [2.24, 2.45) is 0 Å². The van der Waals surface area contributed by atoms with Gasteiger partial charge in [-0.15, -0.1) is 0 Å². The molecular formula is C16H24N2O. The average Bonchev–Trinajstić information content (AvgIpc) is 3.23. The molecule has 1 aromatic rings. The minimum Gasteiger partial charge on any atom is -0.355 e. The van der Waals surface area contributed by atoms with Crippen LogP contribution in [0.2, 0.25) is 0 Å². The number of nitrogens with one attached hydrogen (secondary N) is 2. The summed E-state index contributed by atoms with van der Waals surface area (Å²) in [6, 6.07) is 9.31. The first-order valence-corrected chi connectivity index (χ1v) is 7.36. The number of aryl methyl sites for hydroxylation is 1. The van der Waals surface area contributed by atoms with Crippen molar-refractivity contribution in [2.45, 2.75) is 45.1 Å². The second kappa shape index (κ2) is 7.29. The summed E-state index contributed by atoms with van der Waals surface area (Å²) in [6.07, 6.45) is 5.67. The fourth-order valence-electron chi connectivity index (χ4n) is 2.09. The lowest BCUT2D eigenvalue weighted by Gasteiger charge is -2.07. The summed E-state index contributed by atoms with van der Waals surface area (Å²) in [5, 5.41) is 6.17. The van der Waals surface area contributed by atoms with Gasteiger partial charge in [0, 0.05) is 12.6 Å². The molecule has 1 aliphatic carbocycles. The van der Waals surface area contributed by atoms with Crippen molar-refractivity contribution in [3.8, 4) is 0 Å². The van der Waals surface area contributed by atoms with Crippen LogP contribution in [0, 0.1) is 0 Å². The molecule has 3 nitrogen and oxygen atoms in total. The second-order valence-electron chi connectivity index (χ2n) is 5.32. The van der Waals surface area contributed by atoms with Crippen molar-refractivity contribution in [3.63, 3.8) is 0 Å². The molecule has 0 heterocycles. The maximum atomic E-state index is 11.5. The highest BCUT2D eigenvalue weighted by Crippen LogP contribution is 2.17. The molecule has 1 fully saturated rings. The molecule has 0 aromatic heterocycles. The van der Waals surface area contributed by atoms with E-state index in [0.29, 0.717) is 12.6 Å². The Balaban J connectivity index is 1.62. The summed E-state index contributed by atoms with van der Waals surface area (Å²) >= 11 is 0. The molecule has 0 atom stereocenters. The van der Waals surface area contributed by atoms with Crippen LogP contribution in [0.5, 0.6) is 0 Å². The first-order chi connectivity index (χ1) is 9.28. The summed E-state index contributed by atoms with van der Waals surface area (Å²) < 4.78 is 0. The first-order valence-electron chi connectivity index (χ1n) is 7.36. The lowest BCUT2D eigenvalue weighted by molar-refractivity contribution is -0.120. The minimum absolute atomic E-state index is 0.106. The third-order valence-electron chi connectivity index (χ3n) is 3.43. The van der Waals surface area contributed by atoms with Crippen molar-refractivity contribution in [1.82, 2.24) is 10.6 Å². The minimum atomic E-state index is 0.106. The molecule has 0 bridgehead atoms. The number of benzene rings is 1. The molecular weight excluding hydrogens is 236 g/mol. The summed E-state index contributed by atoms with van der Waals surface area (Å²) in [6.45, 7) is 3.37. The summed E-state index contributed by atoms with van der Waals surface area (Å²) in [7, 11) is 0. The van der Waals surface area contributed by atoms with Gasteiger partial charge in [-0.05, 0) is 36.8 Å². The predicted octanol–water partition coefficient (Wildman–Crippen LogP) is 2.05. The van der Waals surface area contributed by atoms with Gasteiger partial charge in [0.25, 0.3) is 0 Å². The zero-order chi connectivity index (χ0) is 13.5. The Labute approximate surface area is 115 Å². The highest BCUT2D eigenvalue weighted by atomic mass is 16.1. The highest BCUT2D eigenvalue weighted by Gasteiger charge is 2.20. The van der Waals surface area contributed by atoms with Gasteiger partial charge in [0.05, 0.1) is 6.54 Å². The summed E-state index contributed by atoms with van der Waals surface area (Å²) in [5.74, 6) is 0.106. The van der Waals surface area contributed by atoms with Crippen LogP contribution in [0.25, 0.3) is 0 Å². The quantitative estimate of drug-likeness (QED) is 0.751. The topological polar surface area (TPSA) is 41.1 Å². The van der Waals surface area contributed by atoms with Gasteiger partial charge in [-0.2, -0.15) is 0 Å². The number of hydrogen-bond acceptors (Lipinski definition) is 2. The molecule has 2 N–H and O–H groups in total. The molecule has 1 aliphatic rings. The second-order valence-corrected chi connectivity index (χ2v) is 5.32. The van der Waals surface area contributed by atoms with Gasteiger partial charge >= 0.3 is 0 Å². The van der Waals surface area contributed by atoms with Crippen LogP contribution in [-0.4, -0.2) is 25.0 Å². The lowest BCUT2D eigenvalue weighted by atomic mass is 10.1. The largest absolute Gasteiger partial charge is 0.355 e. The van der Waals surface area contributed by atoms with Crippen molar-refractivity contribution in [3.05, 3.63) is 35.4 Å². The molecule has 0 aliphatic heterocycles. The number of carbonyl (C=O) groups excluding carboxylic acids is 1. The summed E-state index contributed by atoms with van der Waals surface area (Å²) in [5.41, 5.74) is 2.68. The summed E-state index contributed by atoms with van der Waals surface area (Å²) in [4.78, 5) is 11.5. The Morgan fingerprint density at radius 3 is 2.37 bits per heavy atom. The van der Waals surface area contributed by atoms with Crippen LogP contribution in [-0.2, 0) is 17.6 Å². The number of amides is 1. The van der Waals surface area contributed by atoms with Gasteiger partial charge in [0.15, 0.2) is 0 Å². The Kier molecular flexibility index (Phi) is 5.40. The van der Waals surface area contributed by atoms with Crippen molar-refractivity contribution < 1.29 is 4.79 Å². The van der Waals surface area contributed by atoms with E-state index in [-0.39, 0.29) is 5.91 Å². The van der Waals surface area contributed by atoms with Crippen LogP contribution >= 0.6 is 0 Å². The van der Waals surface area contributed by atoms with Crippen molar-refractivity contribution in [1.29, 1.82) is 0 Å². The van der Waals surface area contributed by atoms with Gasteiger partial charge in [-0.3, -0.25) is 4.79 Å². The van der Waals surface area contributed by atoms with E-state index in [4.69, 9.17) is 0 Å². The average molecular weight is 260 g/mol. The Morgan fingerprint density at radius 2 is 1.79 bits per heavy atom. The Bertz CT molecular complexity index is 396. The van der Waals surface area contributed by atoms with Gasteiger partial charge < -0.3 is 10.6 Å². The molecule has 2 rings (SSSR count). The normalized spacial score (nSPS) is 14.4. The van der Waals surface area contributed by atoms with Crippen LogP contribution in [0.1, 0.15) is 37.3 Å². The Hall–Kier alpha value is -1.35. The van der Waals surface area contributed by atoms with E-state index in [9.17, 15) is 4.79 Å². The number of hydrogen-bond donors (Lipinski definition) is 2. The monoisotopic (exact) mass is 260 g/mol. The molecule has 0 radical (unpaired) electrons. The van der Waals surface area contributed by atoms with E-state index < -0.39 is 0 Å². The molecule has 3 heteroatoms. The van der Waals surface area contributed by atoms with E-state index in [0.717, 1.165) is 19.4 Å². The van der Waals surface area contributed by atoms with E-state index in [1.807, 2.05) is 0 Å². The van der Waals surface area contributed by atoms with E-state index in [1.54, 1.807) is 0 Å². The van der Waals surface area contributed by atoms with E-state index >= 15 is 0 Å². The molecule has 1 amide bonds. The van der Waals surface area contributed by atoms with Crippen LogP contribution in [0.15, 0.2) is 24.3 Å². The molecule has 0 unspecified atom stereocenters. The third kappa shape index (κ3) is 5.43. The SMILES string of the molecule is CCCc1ccc(CCNC(=O)CNC2CC2)cc1. The van der Waals surface area contributed by atoms with Crippen molar-refractivity contribution in [2.75, 3.05) is 13.1 Å². The highest BCUT2D eigenvalue weighted by molar-refractivity contribution is 5.78. The number of carbonyl (C=O) groups is 1. The van der Waals surface area contributed by atoms with Gasteiger partial charge in [0.2, 0.25) is 5.91 Å². The van der Waals surface area contributed by atoms with Crippen LogP contribution in [0.3, 0.4) is 0 Å². The van der Waals surface area contributed by atoms with Gasteiger partial charge in [-0.1, -0.05) is 37.6 Å². The van der Waals surface area contributed by atoms with Crippen LogP contribution < -0.4 is 10.6 Å². The van der Waals surface area contributed by atoms with Crippen LogP contribution in [0.4, 0.5) is 0 Å². The standard InChI is InChI=1S/C16H24N2O/c1-2-3-13-4-6-14(7-5-13)10-11-17-16(19)12-18-15-8-9-15/h4-7,15,18H,2-3,8-12H2,1H3,(H,17,19). The third-order valence-corrected chi connectivity index (χ3v) is 3.43. The molecule has 1 saturated carbocycles. The maximum Gasteiger partial charge on any atom is 0.233 e.